The third-order valence-electron chi connectivity index (χ3n) is 5.37. The summed E-state index contributed by atoms with van der Waals surface area (Å²) in [4.78, 5) is 4.11. The number of anilines is 1. The number of hydrogen-bond donors (Lipinski definition) is 0. The normalized spacial score (nSPS) is 16.6. The minimum absolute atomic E-state index is 0.107. The number of nitrogens with zero attached hydrogens (tertiary/aromatic N) is 2. The number of rotatable bonds is 5. The molecule has 1 heterocycles. The number of methoxy groups -OCH3 is 2. The lowest BCUT2D eigenvalue weighted by molar-refractivity contribution is -0.139. The molecular formula is C21H24F4N2O2. The fraction of sp³-hybridized carbons (Fsp3) is 0.429. The summed E-state index contributed by atoms with van der Waals surface area (Å²) in [6.07, 6.45) is -4.70. The summed E-state index contributed by atoms with van der Waals surface area (Å²) in [7, 11) is 3.17. The second-order valence-electron chi connectivity index (χ2n) is 6.98. The summed E-state index contributed by atoms with van der Waals surface area (Å²) in [5, 5.41) is 0. The van der Waals surface area contributed by atoms with E-state index in [1.54, 1.807) is 14.2 Å². The molecule has 1 unspecified atom stereocenters. The summed E-state index contributed by atoms with van der Waals surface area (Å²) in [5.41, 5.74) is 0.227. The Balaban J connectivity index is 1.69. The molecule has 4 nitrogen and oxygen atoms in total. The smallest absolute Gasteiger partial charge is 0.419 e. The second-order valence-corrected chi connectivity index (χ2v) is 6.98. The van der Waals surface area contributed by atoms with Gasteiger partial charge < -0.3 is 14.4 Å². The van der Waals surface area contributed by atoms with Gasteiger partial charge in [0.1, 0.15) is 5.82 Å². The molecule has 0 saturated carbocycles. The van der Waals surface area contributed by atoms with Crippen molar-refractivity contribution in [3.8, 4) is 11.5 Å². The molecule has 1 atom stereocenters. The molecule has 0 aromatic heterocycles. The van der Waals surface area contributed by atoms with Gasteiger partial charge in [0.2, 0.25) is 0 Å². The first kappa shape index (κ1) is 21.2. The highest BCUT2D eigenvalue weighted by atomic mass is 19.4. The SMILES string of the molecule is COc1ccc(C(C)N2CCN(c3ccc(F)c(C(F)(F)F)c3)CC2)cc1OC. The topological polar surface area (TPSA) is 24.9 Å². The molecule has 2 aromatic carbocycles. The summed E-state index contributed by atoms with van der Waals surface area (Å²) in [6, 6.07) is 9.06. The molecule has 158 valence electrons. The van der Waals surface area contributed by atoms with Gasteiger partial charge in [-0.25, -0.2) is 4.39 Å². The average molecular weight is 412 g/mol. The molecule has 0 spiro atoms. The van der Waals surface area contributed by atoms with Crippen LogP contribution in [0.1, 0.15) is 24.1 Å². The van der Waals surface area contributed by atoms with Crippen LogP contribution in [0.5, 0.6) is 11.5 Å². The average Bonchev–Trinajstić information content (AvgIpc) is 2.72. The van der Waals surface area contributed by atoms with Gasteiger partial charge in [-0.05, 0) is 42.8 Å². The largest absolute Gasteiger partial charge is 0.493 e. The van der Waals surface area contributed by atoms with Crippen molar-refractivity contribution >= 4 is 5.69 Å². The molecule has 0 aliphatic carbocycles. The molecule has 8 heteroatoms. The summed E-state index contributed by atoms with van der Waals surface area (Å²) >= 11 is 0. The van der Waals surface area contributed by atoms with E-state index in [0.717, 1.165) is 17.7 Å². The molecule has 1 fully saturated rings. The van der Waals surface area contributed by atoms with Gasteiger partial charge >= 0.3 is 6.18 Å². The van der Waals surface area contributed by atoms with E-state index in [4.69, 9.17) is 9.47 Å². The Morgan fingerprint density at radius 1 is 0.897 bits per heavy atom. The number of halogens is 4. The first-order valence-corrected chi connectivity index (χ1v) is 9.32. The lowest BCUT2D eigenvalue weighted by atomic mass is 10.0. The second kappa shape index (κ2) is 8.49. The Morgan fingerprint density at radius 3 is 2.14 bits per heavy atom. The van der Waals surface area contributed by atoms with Crippen molar-refractivity contribution in [1.82, 2.24) is 4.90 Å². The molecule has 0 amide bonds. The van der Waals surface area contributed by atoms with Crippen LogP contribution in [0.25, 0.3) is 0 Å². The van der Waals surface area contributed by atoms with E-state index in [0.29, 0.717) is 43.4 Å². The van der Waals surface area contributed by atoms with Gasteiger partial charge in [-0.2, -0.15) is 13.2 Å². The number of piperazine rings is 1. The Bertz CT molecular complexity index is 849. The van der Waals surface area contributed by atoms with Crippen LogP contribution >= 0.6 is 0 Å². The maximum atomic E-state index is 13.5. The Morgan fingerprint density at radius 2 is 1.55 bits per heavy atom. The molecule has 0 radical (unpaired) electrons. The summed E-state index contributed by atoms with van der Waals surface area (Å²) in [5.74, 6) is 0.0634. The van der Waals surface area contributed by atoms with E-state index < -0.39 is 17.6 Å². The van der Waals surface area contributed by atoms with E-state index in [1.807, 2.05) is 23.1 Å². The van der Waals surface area contributed by atoms with Crippen molar-refractivity contribution in [3.63, 3.8) is 0 Å². The van der Waals surface area contributed by atoms with E-state index in [1.165, 1.54) is 6.07 Å². The van der Waals surface area contributed by atoms with Crippen molar-refractivity contribution in [2.45, 2.75) is 19.1 Å². The molecule has 3 rings (SSSR count). The standard InChI is InChI=1S/C21H24F4N2O2/c1-14(15-4-7-19(28-2)20(12-15)29-3)26-8-10-27(11-9-26)16-5-6-18(22)17(13-16)21(23,24)25/h4-7,12-14H,8-11H2,1-3H3. The number of ether oxygens (including phenoxy) is 2. The first-order chi connectivity index (χ1) is 13.7. The maximum Gasteiger partial charge on any atom is 0.419 e. The number of hydrogen-bond acceptors (Lipinski definition) is 4. The molecule has 0 N–H and O–H groups in total. The molecule has 1 aliphatic heterocycles. The highest BCUT2D eigenvalue weighted by Gasteiger charge is 2.35. The zero-order valence-electron chi connectivity index (χ0n) is 16.6. The number of alkyl halides is 3. The van der Waals surface area contributed by atoms with Crippen LogP contribution in [0, 0.1) is 5.82 Å². The van der Waals surface area contributed by atoms with E-state index in [2.05, 4.69) is 11.8 Å². The minimum Gasteiger partial charge on any atom is -0.493 e. The van der Waals surface area contributed by atoms with Gasteiger partial charge in [-0.3, -0.25) is 4.90 Å². The monoisotopic (exact) mass is 412 g/mol. The van der Waals surface area contributed by atoms with Crippen molar-refractivity contribution in [2.24, 2.45) is 0 Å². The Kier molecular flexibility index (Phi) is 6.21. The van der Waals surface area contributed by atoms with Crippen LogP contribution in [0.15, 0.2) is 36.4 Å². The van der Waals surface area contributed by atoms with Gasteiger partial charge in [0.25, 0.3) is 0 Å². The van der Waals surface area contributed by atoms with Crippen LogP contribution in [0.2, 0.25) is 0 Å². The Hall–Kier alpha value is -2.48. The van der Waals surface area contributed by atoms with Gasteiger partial charge in [-0.15, -0.1) is 0 Å². The molecule has 2 aromatic rings. The van der Waals surface area contributed by atoms with Crippen LogP contribution in [-0.2, 0) is 6.18 Å². The van der Waals surface area contributed by atoms with Gasteiger partial charge in [0.05, 0.1) is 19.8 Å². The minimum atomic E-state index is -4.70. The van der Waals surface area contributed by atoms with E-state index in [9.17, 15) is 17.6 Å². The van der Waals surface area contributed by atoms with Crippen LogP contribution < -0.4 is 14.4 Å². The predicted octanol–water partition coefficient (Wildman–Crippen LogP) is 4.74. The maximum absolute atomic E-state index is 13.5. The van der Waals surface area contributed by atoms with Crippen molar-refractivity contribution in [3.05, 3.63) is 53.3 Å². The predicted molar refractivity (Wildman–Crippen MR) is 103 cm³/mol. The summed E-state index contributed by atoms with van der Waals surface area (Å²) < 4.78 is 63.1. The van der Waals surface area contributed by atoms with Gasteiger partial charge in [0.15, 0.2) is 11.5 Å². The first-order valence-electron chi connectivity index (χ1n) is 9.32. The fourth-order valence-electron chi connectivity index (χ4n) is 3.62. The number of benzene rings is 2. The third kappa shape index (κ3) is 4.58. The highest BCUT2D eigenvalue weighted by molar-refractivity contribution is 5.50. The summed E-state index contributed by atoms with van der Waals surface area (Å²) in [6.45, 7) is 4.54. The van der Waals surface area contributed by atoms with Crippen molar-refractivity contribution in [2.75, 3.05) is 45.3 Å². The quantitative estimate of drug-likeness (QED) is 0.662. The lowest BCUT2D eigenvalue weighted by Crippen LogP contribution is -2.47. The highest BCUT2D eigenvalue weighted by Crippen LogP contribution is 2.35. The molecule has 1 aliphatic rings. The van der Waals surface area contributed by atoms with Crippen LogP contribution in [0.4, 0.5) is 23.2 Å². The molecule has 29 heavy (non-hydrogen) atoms. The van der Waals surface area contributed by atoms with Crippen molar-refractivity contribution < 1.29 is 27.0 Å². The zero-order chi connectivity index (χ0) is 21.2. The fourth-order valence-corrected chi connectivity index (χ4v) is 3.62. The molecule has 0 bridgehead atoms. The zero-order valence-corrected chi connectivity index (χ0v) is 16.6. The van der Waals surface area contributed by atoms with E-state index in [-0.39, 0.29) is 6.04 Å². The van der Waals surface area contributed by atoms with Gasteiger partial charge in [0, 0.05) is 37.9 Å². The Labute approximate surface area is 167 Å². The lowest BCUT2D eigenvalue weighted by Gasteiger charge is -2.39. The van der Waals surface area contributed by atoms with E-state index >= 15 is 0 Å². The van der Waals surface area contributed by atoms with Crippen LogP contribution in [-0.4, -0.2) is 45.3 Å². The van der Waals surface area contributed by atoms with Crippen LogP contribution in [0.3, 0.4) is 0 Å². The third-order valence-corrected chi connectivity index (χ3v) is 5.37. The van der Waals surface area contributed by atoms with Gasteiger partial charge in [-0.1, -0.05) is 6.07 Å². The van der Waals surface area contributed by atoms with Crippen molar-refractivity contribution in [1.29, 1.82) is 0 Å². The molecular weight excluding hydrogens is 388 g/mol. The molecule has 1 saturated heterocycles.